The Morgan fingerprint density at radius 3 is 2.71 bits per heavy atom. The van der Waals surface area contributed by atoms with Crippen molar-refractivity contribution in [3.63, 3.8) is 0 Å². The van der Waals surface area contributed by atoms with Crippen LogP contribution in [-0.4, -0.2) is 11.5 Å². The molecule has 88 valence electrons. The topological polar surface area (TPSA) is 24.9 Å². The van der Waals surface area contributed by atoms with Gasteiger partial charge in [-0.15, -0.1) is 0 Å². The van der Waals surface area contributed by atoms with Crippen molar-refractivity contribution in [2.45, 2.75) is 12.8 Å². The molecule has 1 heterocycles. The minimum absolute atomic E-state index is 0.965. The molecule has 2 aromatic rings. The second-order valence-corrected chi connectivity index (χ2v) is 4.82. The van der Waals surface area contributed by atoms with Crippen LogP contribution in [0.1, 0.15) is 12.0 Å². The number of nitrogens with one attached hydrogen (secondary N) is 1. The minimum Gasteiger partial charge on any atom is -0.384 e. The maximum absolute atomic E-state index is 4.11. The van der Waals surface area contributed by atoms with Crippen molar-refractivity contribution in [2.24, 2.45) is 0 Å². The summed E-state index contributed by atoms with van der Waals surface area (Å²) in [6, 6.07) is 12.6. The third-order valence-electron chi connectivity index (χ3n) is 2.52. The lowest BCUT2D eigenvalue weighted by atomic mass is 10.1. The number of rotatable bonds is 5. The van der Waals surface area contributed by atoms with E-state index in [2.05, 4.69) is 56.6 Å². The molecule has 1 N–H and O–H groups in total. The maximum Gasteiger partial charge on any atom is 0.0538 e. The van der Waals surface area contributed by atoms with Crippen molar-refractivity contribution in [3.05, 3.63) is 58.8 Å². The third-order valence-corrected chi connectivity index (χ3v) is 2.95. The first-order valence-corrected chi connectivity index (χ1v) is 6.52. The fraction of sp³-hybridized carbons (Fsp3) is 0.214. The second kappa shape index (κ2) is 6.40. The molecular formula is C14H15BrN2. The summed E-state index contributed by atoms with van der Waals surface area (Å²) in [6.45, 7) is 0.965. The van der Waals surface area contributed by atoms with Crippen LogP contribution in [-0.2, 0) is 6.42 Å². The van der Waals surface area contributed by atoms with Gasteiger partial charge in [-0.1, -0.05) is 30.3 Å². The quantitative estimate of drug-likeness (QED) is 0.845. The van der Waals surface area contributed by atoms with Gasteiger partial charge in [0.2, 0.25) is 0 Å². The summed E-state index contributed by atoms with van der Waals surface area (Å²) < 4.78 is 1.01. The van der Waals surface area contributed by atoms with E-state index in [1.807, 2.05) is 12.3 Å². The van der Waals surface area contributed by atoms with Gasteiger partial charge in [0, 0.05) is 17.2 Å². The Bertz CT molecular complexity index is 457. The number of pyridine rings is 1. The van der Waals surface area contributed by atoms with Gasteiger partial charge in [0.05, 0.1) is 11.9 Å². The summed E-state index contributed by atoms with van der Waals surface area (Å²) in [5, 5.41) is 3.36. The molecule has 0 saturated carbocycles. The number of hydrogen-bond donors (Lipinski definition) is 1. The Hall–Kier alpha value is -1.35. The Labute approximate surface area is 110 Å². The molecule has 0 radical (unpaired) electrons. The molecule has 0 aliphatic carbocycles. The number of nitrogens with zero attached hydrogens (tertiary/aromatic N) is 1. The maximum atomic E-state index is 4.11. The average Bonchev–Trinajstić information content (AvgIpc) is 2.36. The second-order valence-electron chi connectivity index (χ2n) is 3.91. The Morgan fingerprint density at radius 2 is 1.94 bits per heavy atom. The van der Waals surface area contributed by atoms with Crippen LogP contribution in [0.3, 0.4) is 0 Å². The smallest absolute Gasteiger partial charge is 0.0538 e. The molecule has 0 amide bonds. The first-order valence-electron chi connectivity index (χ1n) is 5.73. The Balaban J connectivity index is 1.73. The van der Waals surface area contributed by atoms with E-state index in [0.29, 0.717) is 0 Å². The highest BCUT2D eigenvalue weighted by Crippen LogP contribution is 2.13. The van der Waals surface area contributed by atoms with Gasteiger partial charge in [0.25, 0.3) is 0 Å². The van der Waals surface area contributed by atoms with Crippen molar-refractivity contribution in [1.29, 1.82) is 0 Å². The third kappa shape index (κ3) is 4.19. The summed E-state index contributed by atoms with van der Waals surface area (Å²) in [4.78, 5) is 4.11. The minimum atomic E-state index is 0.965. The van der Waals surface area contributed by atoms with E-state index in [4.69, 9.17) is 0 Å². The highest BCUT2D eigenvalue weighted by Gasteiger charge is 1.95. The van der Waals surface area contributed by atoms with Crippen LogP contribution in [0.2, 0.25) is 0 Å². The van der Waals surface area contributed by atoms with Crippen molar-refractivity contribution in [2.75, 3.05) is 11.9 Å². The molecule has 0 atom stereocenters. The molecule has 0 aliphatic heterocycles. The van der Waals surface area contributed by atoms with Crippen LogP contribution < -0.4 is 5.32 Å². The van der Waals surface area contributed by atoms with Crippen molar-refractivity contribution in [1.82, 2.24) is 4.98 Å². The number of aromatic nitrogens is 1. The van der Waals surface area contributed by atoms with Gasteiger partial charge in [0.1, 0.15) is 0 Å². The number of benzene rings is 1. The SMILES string of the molecule is Brc1cncc(NCCCc2ccccc2)c1. The van der Waals surface area contributed by atoms with Gasteiger partial charge >= 0.3 is 0 Å². The molecule has 0 saturated heterocycles. The van der Waals surface area contributed by atoms with Crippen molar-refractivity contribution in [3.8, 4) is 0 Å². The zero-order valence-electron chi connectivity index (χ0n) is 9.57. The monoisotopic (exact) mass is 290 g/mol. The van der Waals surface area contributed by atoms with Crippen LogP contribution in [0.5, 0.6) is 0 Å². The van der Waals surface area contributed by atoms with E-state index in [-0.39, 0.29) is 0 Å². The summed E-state index contributed by atoms with van der Waals surface area (Å²) >= 11 is 3.41. The summed E-state index contributed by atoms with van der Waals surface area (Å²) in [5.74, 6) is 0. The standard InChI is InChI=1S/C14H15BrN2/c15-13-9-14(11-16-10-13)17-8-4-7-12-5-2-1-3-6-12/h1-3,5-6,9-11,17H,4,7-8H2. The van der Waals surface area contributed by atoms with Crippen molar-refractivity contribution < 1.29 is 0 Å². The lowest BCUT2D eigenvalue weighted by Crippen LogP contribution is -2.03. The lowest BCUT2D eigenvalue weighted by molar-refractivity contribution is 0.862. The average molecular weight is 291 g/mol. The lowest BCUT2D eigenvalue weighted by Gasteiger charge is -2.06. The summed E-state index contributed by atoms with van der Waals surface area (Å²) in [5.41, 5.74) is 2.45. The zero-order chi connectivity index (χ0) is 11.9. The van der Waals surface area contributed by atoms with Gasteiger partial charge in [-0.25, -0.2) is 0 Å². The van der Waals surface area contributed by atoms with Gasteiger partial charge in [0.15, 0.2) is 0 Å². The molecule has 1 aromatic carbocycles. The fourth-order valence-corrected chi connectivity index (χ4v) is 2.04. The molecule has 0 aliphatic rings. The van der Waals surface area contributed by atoms with Gasteiger partial charge in [-0.05, 0) is 40.4 Å². The van der Waals surface area contributed by atoms with E-state index in [0.717, 1.165) is 29.5 Å². The van der Waals surface area contributed by atoms with E-state index >= 15 is 0 Å². The van der Waals surface area contributed by atoms with E-state index in [9.17, 15) is 0 Å². The molecule has 1 aromatic heterocycles. The van der Waals surface area contributed by atoms with Crippen LogP contribution >= 0.6 is 15.9 Å². The largest absolute Gasteiger partial charge is 0.384 e. The Morgan fingerprint density at radius 1 is 1.12 bits per heavy atom. The molecular weight excluding hydrogens is 276 g/mol. The van der Waals surface area contributed by atoms with Crippen LogP contribution in [0.25, 0.3) is 0 Å². The van der Waals surface area contributed by atoms with E-state index in [1.54, 1.807) is 6.20 Å². The predicted octanol–water partition coefficient (Wildman–Crippen LogP) is 3.89. The highest BCUT2D eigenvalue weighted by molar-refractivity contribution is 9.10. The molecule has 0 bridgehead atoms. The molecule has 2 nitrogen and oxygen atoms in total. The normalized spacial score (nSPS) is 10.2. The highest BCUT2D eigenvalue weighted by atomic mass is 79.9. The first-order chi connectivity index (χ1) is 8.34. The molecule has 3 heteroatoms. The molecule has 0 fully saturated rings. The van der Waals surface area contributed by atoms with E-state index < -0.39 is 0 Å². The van der Waals surface area contributed by atoms with E-state index in [1.165, 1.54) is 5.56 Å². The van der Waals surface area contributed by atoms with Crippen LogP contribution in [0.4, 0.5) is 5.69 Å². The van der Waals surface area contributed by atoms with Crippen LogP contribution in [0, 0.1) is 0 Å². The number of anilines is 1. The Kier molecular flexibility index (Phi) is 4.56. The molecule has 17 heavy (non-hydrogen) atoms. The van der Waals surface area contributed by atoms with Gasteiger partial charge < -0.3 is 5.32 Å². The van der Waals surface area contributed by atoms with Gasteiger partial charge in [-0.2, -0.15) is 0 Å². The number of aryl methyl sites for hydroxylation is 1. The first kappa shape index (κ1) is 12.1. The number of halogens is 1. The van der Waals surface area contributed by atoms with Crippen LogP contribution in [0.15, 0.2) is 53.3 Å². The zero-order valence-corrected chi connectivity index (χ0v) is 11.2. The van der Waals surface area contributed by atoms with Gasteiger partial charge in [-0.3, -0.25) is 4.98 Å². The number of hydrogen-bond acceptors (Lipinski definition) is 2. The molecule has 0 unspecified atom stereocenters. The molecule has 0 spiro atoms. The fourth-order valence-electron chi connectivity index (χ4n) is 1.68. The summed E-state index contributed by atoms with van der Waals surface area (Å²) in [7, 11) is 0. The molecule has 2 rings (SSSR count). The van der Waals surface area contributed by atoms with Crippen molar-refractivity contribution >= 4 is 21.6 Å². The summed E-state index contributed by atoms with van der Waals surface area (Å²) in [6.07, 6.45) is 5.86. The predicted molar refractivity (Wildman–Crippen MR) is 75.2 cm³/mol.